The number of nitriles is 1. The molecule has 6 heteroatoms. The number of anilines is 1. The minimum atomic E-state index is -0.905. The van der Waals surface area contributed by atoms with E-state index in [4.69, 9.17) is 4.74 Å². The number of amides is 1. The molecule has 0 bridgehead atoms. The maximum absolute atomic E-state index is 12.6. The monoisotopic (exact) mass is 414 g/mol. The zero-order valence-electron chi connectivity index (χ0n) is 11.7. The Morgan fingerprint density at radius 2 is 1.95 bits per heavy atom. The second-order valence-corrected chi connectivity index (χ2v) is 6.88. The van der Waals surface area contributed by atoms with Crippen LogP contribution in [0.4, 0.5) is 5.69 Å². The molecule has 0 unspecified atom stereocenters. The summed E-state index contributed by atoms with van der Waals surface area (Å²) < 4.78 is 6.77. The van der Waals surface area contributed by atoms with Crippen molar-refractivity contribution in [1.29, 1.82) is 5.26 Å². The van der Waals surface area contributed by atoms with Gasteiger partial charge >= 0.3 is 0 Å². The number of benzene rings is 1. The van der Waals surface area contributed by atoms with E-state index in [9.17, 15) is 10.1 Å². The minimum Gasteiger partial charge on any atom is -0.495 e. The van der Waals surface area contributed by atoms with Crippen molar-refractivity contribution in [2.75, 3.05) is 12.4 Å². The molecule has 1 aromatic carbocycles. The molecule has 1 fully saturated rings. The summed E-state index contributed by atoms with van der Waals surface area (Å²) in [4.78, 5) is 12.6. The van der Waals surface area contributed by atoms with Gasteiger partial charge < -0.3 is 10.1 Å². The van der Waals surface area contributed by atoms with Crippen molar-refractivity contribution in [3.8, 4) is 11.8 Å². The molecule has 0 aromatic heterocycles. The number of methoxy groups -OCH3 is 1. The SMILES string of the molecule is COc1cc(NC(=O)C2(C#N)CCCCC2)c(Br)cc1Br. The molecule has 2 rings (SSSR count). The van der Waals surface area contributed by atoms with Crippen molar-refractivity contribution in [1.82, 2.24) is 0 Å². The molecule has 1 aliphatic carbocycles. The van der Waals surface area contributed by atoms with Gasteiger partial charge in [0, 0.05) is 10.5 Å². The lowest BCUT2D eigenvalue weighted by Crippen LogP contribution is -2.36. The summed E-state index contributed by atoms with van der Waals surface area (Å²) in [6.45, 7) is 0. The van der Waals surface area contributed by atoms with Crippen molar-refractivity contribution in [3.05, 3.63) is 21.1 Å². The molecule has 4 nitrogen and oxygen atoms in total. The fourth-order valence-corrected chi connectivity index (χ4v) is 3.82. The van der Waals surface area contributed by atoms with Crippen molar-refractivity contribution in [2.24, 2.45) is 5.41 Å². The molecule has 0 radical (unpaired) electrons. The number of carbonyl (C=O) groups is 1. The lowest BCUT2D eigenvalue weighted by atomic mass is 9.74. The molecular weight excluding hydrogens is 400 g/mol. The Morgan fingerprint density at radius 3 is 2.52 bits per heavy atom. The molecule has 1 saturated carbocycles. The van der Waals surface area contributed by atoms with Crippen LogP contribution in [-0.2, 0) is 4.79 Å². The van der Waals surface area contributed by atoms with Gasteiger partial charge in [-0.3, -0.25) is 4.79 Å². The highest BCUT2D eigenvalue weighted by Gasteiger charge is 2.40. The van der Waals surface area contributed by atoms with Gasteiger partial charge in [0.2, 0.25) is 5.91 Å². The van der Waals surface area contributed by atoms with E-state index < -0.39 is 5.41 Å². The molecule has 0 aliphatic heterocycles. The summed E-state index contributed by atoms with van der Waals surface area (Å²) in [6.07, 6.45) is 4.19. The summed E-state index contributed by atoms with van der Waals surface area (Å²) in [5.41, 5.74) is -0.293. The first-order valence-electron chi connectivity index (χ1n) is 6.78. The Balaban J connectivity index is 2.25. The second-order valence-electron chi connectivity index (χ2n) is 5.18. The van der Waals surface area contributed by atoms with E-state index >= 15 is 0 Å². The molecule has 1 aromatic rings. The zero-order chi connectivity index (χ0) is 15.5. The number of hydrogen-bond acceptors (Lipinski definition) is 3. The minimum absolute atomic E-state index is 0.227. The highest BCUT2D eigenvalue weighted by Crippen LogP contribution is 2.39. The van der Waals surface area contributed by atoms with Crippen molar-refractivity contribution in [3.63, 3.8) is 0 Å². The smallest absolute Gasteiger partial charge is 0.244 e. The highest BCUT2D eigenvalue weighted by atomic mass is 79.9. The summed E-state index contributed by atoms with van der Waals surface area (Å²) in [7, 11) is 1.57. The average molecular weight is 416 g/mol. The van der Waals surface area contributed by atoms with Crippen molar-refractivity contribution < 1.29 is 9.53 Å². The maximum atomic E-state index is 12.6. The van der Waals surface area contributed by atoms with Gasteiger partial charge in [0.25, 0.3) is 0 Å². The third kappa shape index (κ3) is 3.41. The lowest BCUT2D eigenvalue weighted by Gasteiger charge is -2.29. The van der Waals surface area contributed by atoms with E-state index in [-0.39, 0.29) is 5.91 Å². The molecule has 1 N–H and O–H groups in total. The first kappa shape index (κ1) is 16.3. The zero-order valence-corrected chi connectivity index (χ0v) is 14.9. The Hall–Kier alpha value is -1.06. The average Bonchev–Trinajstić information content (AvgIpc) is 2.50. The molecular formula is C15H16Br2N2O2. The van der Waals surface area contributed by atoms with E-state index in [0.717, 1.165) is 28.2 Å². The van der Waals surface area contributed by atoms with Crippen LogP contribution in [0.5, 0.6) is 5.75 Å². The Labute approximate surface area is 141 Å². The topological polar surface area (TPSA) is 62.1 Å². The Bertz CT molecular complexity index is 590. The van der Waals surface area contributed by atoms with Crippen LogP contribution in [0.1, 0.15) is 32.1 Å². The van der Waals surface area contributed by atoms with Gasteiger partial charge in [-0.25, -0.2) is 0 Å². The van der Waals surface area contributed by atoms with Crippen molar-refractivity contribution in [2.45, 2.75) is 32.1 Å². The van der Waals surface area contributed by atoms with E-state index in [0.29, 0.717) is 24.3 Å². The van der Waals surface area contributed by atoms with E-state index in [1.165, 1.54) is 0 Å². The normalized spacial score (nSPS) is 16.9. The number of hydrogen-bond donors (Lipinski definition) is 1. The van der Waals surface area contributed by atoms with Gasteiger partial charge in [0.1, 0.15) is 11.2 Å². The van der Waals surface area contributed by atoms with Crippen LogP contribution in [0, 0.1) is 16.7 Å². The van der Waals surface area contributed by atoms with E-state index in [2.05, 4.69) is 43.2 Å². The largest absolute Gasteiger partial charge is 0.495 e. The Kier molecular flexibility index (Phi) is 5.28. The fourth-order valence-electron chi connectivity index (χ4n) is 2.57. The van der Waals surface area contributed by atoms with Gasteiger partial charge in [-0.2, -0.15) is 5.26 Å². The van der Waals surface area contributed by atoms with Crippen molar-refractivity contribution >= 4 is 43.5 Å². The van der Waals surface area contributed by atoms with Gasteiger partial charge in [-0.05, 0) is 50.8 Å². The molecule has 0 spiro atoms. The van der Waals surface area contributed by atoms with Crippen LogP contribution in [-0.4, -0.2) is 13.0 Å². The van der Waals surface area contributed by atoms with Gasteiger partial charge in [0.15, 0.2) is 0 Å². The van der Waals surface area contributed by atoms with Crippen LogP contribution in [0.3, 0.4) is 0 Å². The number of nitrogens with zero attached hydrogens (tertiary/aromatic N) is 1. The first-order valence-corrected chi connectivity index (χ1v) is 8.37. The number of nitrogens with one attached hydrogen (secondary N) is 1. The predicted molar refractivity (Wildman–Crippen MR) is 88.2 cm³/mol. The van der Waals surface area contributed by atoms with Crippen LogP contribution >= 0.6 is 31.9 Å². The van der Waals surface area contributed by atoms with Crippen LogP contribution in [0.15, 0.2) is 21.1 Å². The predicted octanol–water partition coefficient (Wildman–Crippen LogP) is 4.63. The summed E-state index contributed by atoms with van der Waals surface area (Å²) >= 11 is 6.81. The van der Waals surface area contributed by atoms with Gasteiger partial charge in [-0.1, -0.05) is 19.3 Å². The molecule has 1 amide bonds. The molecule has 1 aliphatic rings. The second kappa shape index (κ2) is 6.80. The number of ether oxygens (including phenoxy) is 1. The third-order valence-corrected chi connectivity index (χ3v) is 5.12. The van der Waals surface area contributed by atoms with Gasteiger partial charge in [-0.15, -0.1) is 0 Å². The molecule has 112 valence electrons. The standard InChI is InChI=1S/C15H16Br2N2O2/c1-21-13-8-12(10(16)7-11(13)17)19-14(20)15(9-18)5-3-2-4-6-15/h7-8H,2-6H2,1H3,(H,19,20). The van der Waals surface area contributed by atoms with Crippen LogP contribution in [0.25, 0.3) is 0 Å². The van der Waals surface area contributed by atoms with Crippen LogP contribution in [0.2, 0.25) is 0 Å². The Morgan fingerprint density at radius 1 is 1.29 bits per heavy atom. The van der Waals surface area contributed by atoms with Crippen LogP contribution < -0.4 is 10.1 Å². The molecule has 0 heterocycles. The first-order chi connectivity index (χ1) is 10.0. The summed E-state index contributed by atoms with van der Waals surface area (Å²) in [6, 6.07) is 5.78. The van der Waals surface area contributed by atoms with E-state index in [1.54, 1.807) is 13.2 Å². The quantitative estimate of drug-likeness (QED) is 0.782. The third-order valence-electron chi connectivity index (χ3n) is 3.85. The summed E-state index contributed by atoms with van der Waals surface area (Å²) in [5.74, 6) is 0.401. The maximum Gasteiger partial charge on any atom is 0.244 e. The molecule has 0 saturated heterocycles. The highest BCUT2D eigenvalue weighted by molar-refractivity contribution is 9.11. The number of halogens is 2. The number of rotatable bonds is 3. The lowest BCUT2D eigenvalue weighted by molar-refractivity contribution is -0.124. The fraction of sp³-hybridized carbons (Fsp3) is 0.467. The number of carbonyl (C=O) groups excluding carboxylic acids is 1. The van der Waals surface area contributed by atoms with E-state index in [1.807, 2.05) is 6.07 Å². The molecule has 0 atom stereocenters. The summed E-state index contributed by atoms with van der Waals surface area (Å²) in [5, 5.41) is 12.3. The molecule has 21 heavy (non-hydrogen) atoms. The van der Waals surface area contributed by atoms with Gasteiger partial charge in [0.05, 0.1) is 23.3 Å².